The van der Waals surface area contributed by atoms with Gasteiger partial charge < -0.3 is 0 Å². The van der Waals surface area contributed by atoms with Crippen molar-refractivity contribution < 1.29 is 0 Å². The third-order valence-corrected chi connectivity index (χ3v) is 14.6. The number of rotatable bonds is 7. The van der Waals surface area contributed by atoms with E-state index in [-0.39, 0.29) is 0 Å². The predicted molar refractivity (Wildman–Crippen MR) is 301 cm³/mol. The summed E-state index contributed by atoms with van der Waals surface area (Å²) in [5, 5.41) is 14.3. The molecular weight excluding hydrogens is 861 g/mol. The molecule has 0 N–H and O–H groups in total. The van der Waals surface area contributed by atoms with E-state index in [0.29, 0.717) is 0 Å². The molecule has 2 heterocycles. The van der Waals surface area contributed by atoms with Crippen LogP contribution in [0.25, 0.3) is 143 Å². The Morgan fingerprint density at radius 1 is 0.352 bits per heavy atom. The van der Waals surface area contributed by atoms with Gasteiger partial charge in [-0.05, 0) is 90.5 Å². The summed E-state index contributed by atoms with van der Waals surface area (Å²) in [6.45, 7) is 6.32. The Morgan fingerprint density at radius 2 is 0.690 bits per heavy atom. The predicted octanol–water partition coefficient (Wildman–Crippen LogP) is 18.0. The van der Waals surface area contributed by atoms with Crippen LogP contribution in [0.1, 0.15) is 6.92 Å². The molecule has 71 heavy (non-hydrogen) atoms. The van der Waals surface area contributed by atoms with Crippen LogP contribution in [-0.4, -0.2) is 19.1 Å². The van der Waals surface area contributed by atoms with Crippen molar-refractivity contribution in [3.63, 3.8) is 0 Å². The van der Waals surface area contributed by atoms with Crippen molar-refractivity contribution in [2.24, 2.45) is 0 Å². The molecule has 0 saturated carbocycles. The van der Waals surface area contributed by atoms with Gasteiger partial charge >= 0.3 is 0 Å². The number of imidazole rings is 2. The quantitative estimate of drug-likeness (QED) is 0.0907. The van der Waals surface area contributed by atoms with Crippen molar-refractivity contribution in [2.45, 2.75) is 6.92 Å². The van der Waals surface area contributed by atoms with Crippen LogP contribution >= 0.6 is 0 Å². The van der Waals surface area contributed by atoms with Crippen LogP contribution in [0, 0.1) is 0 Å². The number of benzene rings is 12. The fourth-order valence-corrected chi connectivity index (χ4v) is 11.5. The van der Waals surface area contributed by atoms with Crippen LogP contribution < -0.4 is 0 Å². The highest BCUT2D eigenvalue weighted by Gasteiger charge is 2.23. The molecule has 4 nitrogen and oxygen atoms in total. The average molecular weight is 905 g/mol. The molecule has 0 aliphatic rings. The third-order valence-electron chi connectivity index (χ3n) is 14.6. The van der Waals surface area contributed by atoms with Gasteiger partial charge in [-0.15, -0.1) is 0 Å². The van der Waals surface area contributed by atoms with Gasteiger partial charge in [-0.3, -0.25) is 9.13 Å². The van der Waals surface area contributed by atoms with Gasteiger partial charge in [0.1, 0.15) is 11.6 Å². The van der Waals surface area contributed by atoms with Gasteiger partial charge in [-0.25, -0.2) is 9.97 Å². The highest BCUT2D eigenvalue weighted by atomic mass is 15.1. The van der Waals surface area contributed by atoms with Crippen molar-refractivity contribution in [1.82, 2.24) is 19.1 Å². The number of hydrogen-bond donors (Lipinski definition) is 0. The van der Waals surface area contributed by atoms with Crippen LogP contribution in [0.3, 0.4) is 0 Å². The minimum absolute atomic E-state index is 0.885. The van der Waals surface area contributed by atoms with E-state index in [1.54, 1.807) is 0 Å². The standard InChI is InChI=1S/C67H44N4/c1-3-46(4-2)70-64-58-32-18-10-24-50(58)48-22-8-16-30-56(48)62(64)68-66(70)44-38-34-42(35-39-44)60-52-26-12-14-28-54(52)61(55-29-15-13-27-53(55)60)43-36-40-45(41-37-43)67-69-63-57-31-17-9-23-49(57)51-25-11-19-33-59(51)65(63)71(67)47-20-6-5-7-21-47/h3-41H,1H2,2H3/b46-4+. The number of hydrogen-bond acceptors (Lipinski definition) is 2. The van der Waals surface area contributed by atoms with Gasteiger partial charge in [0.2, 0.25) is 0 Å². The zero-order chi connectivity index (χ0) is 47.2. The minimum atomic E-state index is 0.885. The van der Waals surface area contributed by atoms with E-state index in [4.69, 9.17) is 9.97 Å². The number of allylic oxidation sites excluding steroid dienone is 3. The Balaban J connectivity index is 0.923. The molecule has 0 radical (unpaired) electrons. The SMILES string of the molecule is C=C/C(=C\C)n1c(-c2ccc(-c3c4ccccc4c(-c4ccc(-c5nc6c7ccccc7c7ccccc7c6n5-c5ccccc5)cc4)c4ccccc34)cc2)nc2c3ccccc3c3ccccc3c21. The molecule has 12 aromatic carbocycles. The first-order valence-electron chi connectivity index (χ1n) is 24.3. The van der Waals surface area contributed by atoms with E-state index >= 15 is 0 Å². The van der Waals surface area contributed by atoms with E-state index in [2.05, 4.69) is 253 Å². The molecule has 14 aromatic rings. The summed E-state index contributed by atoms with van der Waals surface area (Å²) in [4.78, 5) is 11.0. The molecule has 14 rings (SSSR count). The lowest BCUT2D eigenvalue weighted by Gasteiger charge is -2.18. The molecule has 0 atom stereocenters. The van der Waals surface area contributed by atoms with E-state index < -0.39 is 0 Å². The van der Waals surface area contributed by atoms with Crippen LogP contribution in [-0.2, 0) is 0 Å². The molecular formula is C67H44N4. The maximum atomic E-state index is 5.52. The zero-order valence-electron chi connectivity index (χ0n) is 39.0. The third kappa shape index (κ3) is 6.11. The van der Waals surface area contributed by atoms with E-state index in [0.717, 1.165) is 78.1 Å². The first kappa shape index (κ1) is 40.7. The number of para-hydroxylation sites is 1. The highest BCUT2D eigenvalue weighted by Crippen LogP contribution is 2.46. The fraction of sp³-hybridized carbons (Fsp3) is 0.0149. The summed E-state index contributed by atoms with van der Waals surface area (Å²) < 4.78 is 4.64. The van der Waals surface area contributed by atoms with Gasteiger partial charge in [-0.2, -0.15) is 0 Å². The Morgan fingerprint density at radius 3 is 1.14 bits per heavy atom. The molecule has 2 aromatic heterocycles. The van der Waals surface area contributed by atoms with E-state index in [1.807, 2.05) is 6.08 Å². The maximum Gasteiger partial charge on any atom is 0.145 e. The summed E-state index contributed by atoms with van der Waals surface area (Å²) >= 11 is 0. The normalized spacial score (nSPS) is 12.2. The summed E-state index contributed by atoms with van der Waals surface area (Å²) in [5.74, 6) is 1.80. The number of aromatic nitrogens is 4. The molecule has 0 fully saturated rings. The van der Waals surface area contributed by atoms with Crippen molar-refractivity contribution in [2.75, 3.05) is 0 Å². The van der Waals surface area contributed by atoms with Crippen molar-refractivity contribution in [1.29, 1.82) is 0 Å². The van der Waals surface area contributed by atoms with Gasteiger partial charge in [0, 0.05) is 44.1 Å². The Bertz CT molecular complexity index is 4460. The average Bonchev–Trinajstić information content (AvgIpc) is 4.05. The Kier molecular flexibility index (Phi) is 9.23. The Labute approximate surface area is 410 Å². The largest absolute Gasteiger partial charge is 0.292 e. The molecule has 0 bridgehead atoms. The molecule has 0 aliphatic carbocycles. The monoisotopic (exact) mass is 904 g/mol. The van der Waals surface area contributed by atoms with Crippen molar-refractivity contribution >= 4 is 92.4 Å². The first-order chi connectivity index (χ1) is 35.2. The smallest absolute Gasteiger partial charge is 0.145 e. The van der Waals surface area contributed by atoms with Gasteiger partial charge in [0.15, 0.2) is 0 Å². The molecule has 0 aliphatic heterocycles. The lowest BCUT2D eigenvalue weighted by Crippen LogP contribution is -1.99. The second kappa shape index (κ2) is 16.1. The number of nitrogens with zero attached hydrogens (tertiary/aromatic N) is 4. The van der Waals surface area contributed by atoms with E-state index in [1.165, 1.54) is 65.0 Å². The molecule has 0 amide bonds. The molecule has 0 spiro atoms. The molecule has 0 saturated heterocycles. The topological polar surface area (TPSA) is 35.6 Å². The molecule has 0 unspecified atom stereocenters. The fourth-order valence-electron chi connectivity index (χ4n) is 11.5. The first-order valence-corrected chi connectivity index (χ1v) is 24.3. The molecule has 4 heteroatoms. The van der Waals surface area contributed by atoms with Gasteiger partial charge in [0.05, 0.1) is 22.1 Å². The molecule has 332 valence electrons. The van der Waals surface area contributed by atoms with Gasteiger partial charge in [-0.1, -0.05) is 225 Å². The van der Waals surface area contributed by atoms with Crippen molar-refractivity contribution in [3.05, 3.63) is 243 Å². The van der Waals surface area contributed by atoms with Crippen LogP contribution in [0.5, 0.6) is 0 Å². The summed E-state index contributed by atoms with van der Waals surface area (Å²) in [6, 6.07) is 81.1. The van der Waals surface area contributed by atoms with Crippen LogP contribution in [0.4, 0.5) is 0 Å². The van der Waals surface area contributed by atoms with Crippen LogP contribution in [0.15, 0.2) is 243 Å². The number of fused-ring (bicyclic) bond motifs is 14. The minimum Gasteiger partial charge on any atom is -0.292 e. The summed E-state index contributed by atoms with van der Waals surface area (Å²) in [5.41, 5.74) is 13.1. The maximum absolute atomic E-state index is 5.52. The summed E-state index contributed by atoms with van der Waals surface area (Å²) in [7, 11) is 0. The Hall–Kier alpha value is -9.38. The van der Waals surface area contributed by atoms with Crippen LogP contribution in [0.2, 0.25) is 0 Å². The zero-order valence-corrected chi connectivity index (χ0v) is 39.0. The highest BCUT2D eigenvalue weighted by molar-refractivity contribution is 6.26. The lowest BCUT2D eigenvalue weighted by atomic mass is 9.85. The summed E-state index contributed by atoms with van der Waals surface area (Å²) in [6.07, 6.45) is 4.05. The van der Waals surface area contributed by atoms with Crippen molar-refractivity contribution in [3.8, 4) is 50.7 Å². The second-order valence-electron chi connectivity index (χ2n) is 18.4. The van der Waals surface area contributed by atoms with E-state index in [9.17, 15) is 0 Å². The van der Waals surface area contributed by atoms with Gasteiger partial charge in [0.25, 0.3) is 0 Å². The second-order valence-corrected chi connectivity index (χ2v) is 18.4. The lowest BCUT2D eigenvalue weighted by molar-refractivity contribution is 1.11.